The van der Waals surface area contributed by atoms with Gasteiger partial charge in [0.2, 0.25) is 0 Å². The van der Waals surface area contributed by atoms with E-state index in [0.29, 0.717) is 19.1 Å². The van der Waals surface area contributed by atoms with Crippen molar-refractivity contribution >= 4 is 5.96 Å². The minimum Gasteiger partial charge on any atom is -0.481 e. The highest BCUT2D eigenvalue weighted by Crippen LogP contribution is 2.12. The van der Waals surface area contributed by atoms with Gasteiger partial charge in [-0.1, -0.05) is 18.1 Å². The third-order valence-electron chi connectivity index (χ3n) is 2.74. The van der Waals surface area contributed by atoms with E-state index in [1.807, 2.05) is 31.2 Å². The molecule has 1 unspecified atom stereocenters. The fourth-order valence-electron chi connectivity index (χ4n) is 1.77. The summed E-state index contributed by atoms with van der Waals surface area (Å²) in [5, 5.41) is 3.06. The largest absolute Gasteiger partial charge is 0.481 e. The standard InChI is InChI=1S/C16H23N3O2/c1-4-11-21-15-7-5-14(6-8-15)9-10-18-16(17)19-13(2)12-20-3/h1,5-8,13H,9-12H2,2-3H3,(H3,17,18,19). The molecule has 0 heterocycles. The number of nitrogens with zero attached hydrogens (tertiary/aromatic N) is 1. The summed E-state index contributed by atoms with van der Waals surface area (Å²) in [6.45, 7) is 3.49. The lowest BCUT2D eigenvalue weighted by Gasteiger charge is -2.13. The minimum absolute atomic E-state index is 0.145. The van der Waals surface area contributed by atoms with Crippen molar-refractivity contribution in [1.29, 1.82) is 0 Å². The second-order valence-electron chi connectivity index (χ2n) is 4.65. The minimum atomic E-state index is 0.145. The van der Waals surface area contributed by atoms with Gasteiger partial charge in [-0.25, -0.2) is 0 Å². The fraction of sp³-hybridized carbons (Fsp3) is 0.438. The number of hydrogen-bond acceptors (Lipinski definition) is 3. The Labute approximate surface area is 126 Å². The van der Waals surface area contributed by atoms with Gasteiger partial charge in [-0.2, -0.15) is 0 Å². The number of benzene rings is 1. The average molecular weight is 289 g/mol. The summed E-state index contributed by atoms with van der Waals surface area (Å²) in [5.41, 5.74) is 6.96. The Morgan fingerprint density at radius 1 is 1.43 bits per heavy atom. The van der Waals surface area contributed by atoms with Crippen LogP contribution in [0.2, 0.25) is 0 Å². The van der Waals surface area contributed by atoms with E-state index in [4.69, 9.17) is 21.6 Å². The molecular weight excluding hydrogens is 266 g/mol. The molecule has 1 aromatic carbocycles. The van der Waals surface area contributed by atoms with E-state index in [2.05, 4.69) is 16.2 Å². The Balaban J connectivity index is 2.36. The second kappa shape index (κ2) is 9.67. The second-order valence-corrected chi connectivity index (χ2v) is 4.65. The van der Waals surface area contributed by atoms with Crippen LogP contribution in [0.15, 0.2) is 29.3 Å². The first-order valence-corrected chi connectivity index (χ1v) is 6.86. The van der Waals surface area contributed by atoms with Gasteiger partial charge in [0, 0.05) is 19.7 Å². The zero-order chi connectivity index (χ0) is 15.5. The number of terminal acetylenes is 1. The molecule has 1 aromatic rings. The number of methoxy groups -OCH3 is 1. The van der Waals surface area contributed by atoms with Crippen molar-refractivity contribution in [2.24, 2.45) is 10.7 Å². The number of nitrogens with two attached hydrogens (primary N) is 1. The first-order chi connectivity index (χ1) is 10.2. The molecule has 0 saturated heterocycles. The third-order valence-corrected chi connectivity index (χ3v) is 2.74. The smallest absolute Gasteiger partial charge is 0.188 e. The number of nitrogens with one attached hydrogen (secondary N) is 1. The number of rotatable bonds is 8. The summed E-state index contributed by atoms with van der Waals surface area (Å²) in [5.74, 6) is 3.64. The van der Waals surface area contributed by atoms with Gasteiger partial charge in [0.15, 0.2) is 5.96 Å². The molecular formula is C16H23N3O2. The number of aliphatic imine (C=N–C) groups is 1. The van der Waals surface area contributed by atoms with Crippen LogP contribution >= 0.6 is 0 Å². The number of guanidine groups is 1. The van der Waals surface area contributed by atoms with Crippen LogP contribution in [0.5, 0.6) is 5.75 Å². The van der Waals surface area contributed by atoms with E-state index in [9.17, 15) is 0 Å². The number of ether oxygens (including phenoxy) is 2. The summed E-state index contributed by atoms with van der Waals surface area (Å²) in [6, 6.07) is 7.94. The van der Waals surface area contributed by atoms with E-state index in [1.54, 1.807) is 7.11 Å². The van der Waals surface area contributed by atoms with Crippen LogP contribution in [0.1, 0.15) is 12.5 Å². The average Bonchev–Trinajstić information content (AvgIpc) is 2.46. The molecule has 5 nitrogen and oxygen atoms in total. The van der Waals surface area contributed by atoms with Crippen LogP contribution in [-0.2, 0) is 11.2 Å². The van der Waals surface area contributed by atoms with Crippen LogP contribution < -0.4 is 15.8 Å². The van der Waals surface area contributed by atoms with E-state index < -0.39 is 0 Å². The summed E-state index contributed by atoms with van der Waals surface area (Å²) in [7, 11) is 1.66. The zero-order valence-corrected chi connectivity index (χ0v) is 12.6. The van der Waals surface area contributed by atoms with Gasteiger partial charge in [0.1, 0.15) is 12.4 Å². The Kier molecular flexibility index (Phi) is 7.77. The molecule has 114 valence electrons. The monoisotopic (exact) mass is 289 g/mol. The molecule has 0 bridgehead atoms. The van der Waals surface area contributed by atoms with Crippen molar-refractivity contribution in [1.82, 2.24) is 5.32 Å². The number of hydrogen-bond donors (Lipinski definition) is 2. The normalized spacial score (nSPS) is 12.5. The van der Waals surface area contributed by atoms with Crippen LogP contribution in [-0.4, -0.2) is 38.9 Å². The van der Waals surface area contributed by atoms with Crippen LogP contribution in [0.4, 0.5) is 0 Å². The molecule has 0 aliphatic rings. The van der Waals surface area contributed by atoms with Gasteiger partial charge >= 0.3 is 0 Å². The molecule has 0 aromatic heterocycles. The quantitative estimate of drug-likeness (QED) is 0.428. The predicted octanol–water partition coefficient (Wildman–Crippen LogP) is 1.18. The summed E-state index contributed by atoms with van der Waals surface area (Å²) in [4.78, 5) is 4.28. The molecule has 5 heteroatoms. The zero-order valence-electron chi connectivity index (χ0n) is 12.6. The molecule has 21 heavy (non-hydrogen) atoms. The highest BCUT2D eigenvalue weighted by molar-refractivity contribution is 5.78. The van der Waals surface area contributed by atoms with Crippen molar-refractivity contribution in [3.05, 3.63) is 29.8 Å². The van der Waals surface area contributed by atoms with Gasteiger partial charge in [0.05, 0.1) is 6.61 Å². The first-order valence-electron chi connectivity index (χ1n) is 6.86. The van der Waals surface area contributed by atoms with Crippen molar-refractivity contribution in [3.63, 3.8) is 0 Å². The van der Waals surface area contributed by atoms with E-state index in [0.717, 1.165) is 12.2 Å². The maximum atomic E-state index is 5.79. The van der Waals surface area contributed by atoms with Gasteiger partial charge < -0.3 is 20.5 Å². The third kappa shape index (κ3) is 7.23. The van der Waals surface area contributed by atoms with E-state index in [-0.39, 0.29) is 12.6 Å². The van der Waals surface area contributed by atoms with Crippen molar-refractivity contribution < 1.29 is 9.47 Å². The Hall–Kier alpha value is -2.19. The lowest BCUT2D eigenvalue weighted by molar-refractivity contribution is 0.179. The van der Waals surface area contributed by atoms with Crippen LogP contribution in [0.3, 0.4) is 0 Å². The Morgan fingerprint density at radius 3 is 2.76 bits per heavy atom. The molecule has 1 rings (SSSR count). The summed E-state index contributed by atoms with van der Waals surface area (Å²) < 4.78 is 10.3. The molecule has 0 amide bonds. The maximum absolute atomic E-state index is 5.79. The SMILES string of the molecule is C#CCOc1ccc(CCN=C(N)NC(C)COC)cc1. The predicted molar refractivity (Wildman–Crippen MR) is 85.4 cm³/mol. The molecule has 0 spiro atoms. The van der Waals surface area contributed by atoms with Crippen molar-refractivity contribution in [2.75, 3.05) is 26.9 Å². The van der Waals surface area contributed by atoms with Crippen molar-refractivity contribution in [2.45, 2.75) is 19.4 Å². The van der Waals surface area contributed by atoms with Gasteiger partial charge in [-0.15, -0.1) is 6.42 Å². The first kappa shape index (κ1) is 16.9. The topological polar surface area (TPSA) is 68.9 Å². The highest BCUT2D eigenvalue weighted by atomic mass is 16.5. The molecule has 0 aliphatic carbocycles. The van der Waals surface area contributed by atoms with E-state index >= 15 is 0 Å². The van der Waals surface area contributed by atoms with Crippen LogP contribution in [0.25, 0.3) is 0 Å². The lowest BCUT2D eigenvalue weighted by Crippen LogP contribution is -2.40. The molecule has 0 aliphatic heterocycles. The molecule has 0 fully saturated rings. The van der Waals surface area contributed by atoms with Crippen LogP contribution in [0, 0.1) is 12.3 Å². The van der Waals surface area contributed by atoms with Gasteiger partial charge in [0.25, 0.3) is 0 Å². The molecule has 0 radical (unpaired) electrons. The molecule has 1 atom stereocenters. The maximum Gasteiger partial charge on any atom is 0.188 e. The van der Waals surface area contributed by atoms with Gasteiger partial charge in [-0.05, 0) is 31.0 Å². The summed E-state index contributed by atoms with van der Waals surface area (Å²) >= 11 is 0. The fourth-order valence-corrected chi connectivity index (χ4v) is 1.77. The van der Waals surface area contributed by atoms with Crippen molar-refractivity contribution in [3.8, 4) is 18.1 Å². The molecule has 3 N–H and O–H groups in total. The highest BCUT2D eigenvalue weighted by Gasteiger charge is 2.01. The molecule has 0 saturated carbocycles. The Morgan fingerprint density at radius 2 is 2.14 bits per heavy atom. The van der Waals surface area contributed by atoms with Gasteiger partial charge in [-0.3, -0.25) is 4.99 Å². The Bertz CT molecular complexity index is 477. The lowest BCUT2D eigenvalue weighted by atomic mass is 10.1. The van der Waals surface area contributed by atoms with E-state index in [1.165, 1.54) is 5.56 Å². The summed E-state index contributed by atoms with van der Waals surface area (Å²) in [6.07, 6.45) is 5.95.